The zero-order valence-corrected chi connectivity index (χ0v) is 10.2. The van der Waals surface area contributed by atoms with Crippen molar-refractivity contribution in [3.63, 3.8) is 0 Å². The molecule has 0 saturated heterocycles. The van der Waals surface area contributed by atoms with Crippen LogP contribution in [0.15, 0.2) is 0 Å². The minimum atomic E-state index is -3.09. The normalized spacial score (nSPS) is 11.4. The number of carbonyl (C=O) groups excluding carboxylic acids is 1. The van der Waals surface area contributed by atoms with Gasteiger partial charge in [-0.2, -0.15) is 0 Å². The third-order valence-electron chi connectivity index (χ3n) is 1.67. The van der Waals surface area contributed by atoms with Gasteiger partial charge in [-0.25, -0.2) is 13.1 Å². The monoisotopic (exact) mass is 237 g/mol. The summed E-state index contributed by atoms with van der Waals surface area (Å²) in [6.45, 7) is 1.29. The van der Waals surface area contributed by atoms with Gasteiger partial charge in [0.25, 0.3) is 0 Å². The molecule has 0 rings (SSSR count). The molecule has 0 aliphatic heterocycles. The second-order valence-corrected chi connectivity index (χ2v) is 5.32. The molecule has 6 nitrogen and oxygen atoms in total. The molecular formula is C8H19N3O3S. The van der Waals surface area contributed by atoms with Gasteiger partial charge >= 0.3 is 0 Å². The maximum Gasteiger partial charge on any atom is 0.236 e. The predicted molar refractivity (Wildman–Crippen MR) is 59.0 cm³/mol. The van der Waals surface area contributed by atoms with Crippen LogP contribution in [0.4, 0.5) is 0 Å². The molecule has 90 valence electrons. The predicted octanol–water partition coefficient (Wildman–Crippen LogP) is -1.40. The second kappa shape index (κ2) is 6.76. The Morgan fingerprint density at radius 3 is 2.33 bits per heavy atom. The standard InChI is InChI=1S/C8H19N3O3S/c1-11(2)8(12)7-9-5-4-6-10-15(3,13)14/h9-10H,4-7H2,1-3H3. The zero-order chi connectivity index (χ0) is 11.9. The Morgan fingerprint density at radius 2 is 1.87 bits per heavy atom. The Balaban J connectivity index is 3.37. The number of hydrogen-bond donors (Lipinski definition) is 2. The van der Waals surface area contributed by atoms with Gasteiger partial charge in [0, 0.05) is 20.6 Å². The van der Waals surface area contributed by atoms with Crippen molar-refractivity contribution in [3.8, 4) is 0 Å². The van der Waals surface area contributed by atoms with Crippen LogP contribution in [0.1, 0.15) is 6.42 Å². The Labute approximate surface area is 91.1 Å². The van der Waals surface area contributed by atoms with Crippen molar-refractivity contribution >= 4 is 15.9 Å². The molecule has 0 bridgehead atoms. The first-order valence-electron chi connectivity index (χ1n) is 4.68. The van der Waals surface area contributed by atoms with Crippen LogP contribution in [0, 0.1) is 0 Å². The van der Waals surface area contributed by atoms with Gasteiger partial charge in [-0.05, 0) is 13.0 Å². The second-order valence-electron chi connectivity index (χ2n) is 3.48. The van der Waals surface area contributed by atoms with Crippen LogP contribution in [-0.4, -0.2) is 59.2 Å². The topological polar surface area (TPSA) is 78.5 Å². The lowest BCUT2D eigenvalue weighted by Crippen LogP contribution is -2.34. The van der Waals surface area contributed by atoms with Crippen molar-refractivity contribution in [1.29, 1.82) is 0 Å². The molecule has 0 radical (unpaired) electrons. The summed E-state index contributed by atoms with van der Waals surface area (Å²) in [5, 5.41) is 2.93. The van der Waals surface area contributed by atoms with Crippen molar-refractivity contribution in [1.82, 2.24) is 14.9 Å². The number of carbonyl (C=O) groups is 1. The third-order valence-corrected chi connectivity index (χ3v) is 2.40. The highest BCUT2D eigenvalue weighted by molar-refractivity contribution is 7.88. The minimum Gasteiger partial charge on any atom is -0.348 e. The Bertz CT molecular complexity index is 288. The molecule has 15 heavy (non-hydrogen) atoms. The van der Waals surface area contributed by atoms with E-state index in [0.717, 1.165) is 6.26 Å². The molecule has 0 atom stereocenters. The molecule has 0 unspecified atom stereocenters. The van der Waals surface area contributed by atoms with Crippen LogP contribution in [0.3, 0.4) is 0 Å². The fourth-order valence-electron chi connectivity index (χ4n) is 0.824. The van der Waals surface area contributed by atoms with E-state index in [1.54, 1.807) is 14.1 Å². The van der Waals surface area contributed by atoms with Gasteiger partial charge in [-0.1, -0.05) is 0 Å². The average molecular weight is 237 g/mol. The summed E-state index contributed by atoms with van der Waals surface area (Å²) in [7, 11) is 0.285. The van der Waals surface area contributed by atoms with E-state index in [-0.39, 0.29) is 12.5 Å². The Morgan fingerprint density at radius 1 is 1.27 bits per heavy atom. The highest BCUT2D eigenvalue weighted by atomic mass is 32.2. The molecule has 0 heterocycles. The van der Waals surface area contributed by atoms with Gasteiger partial charge in [0.15, 0.2) is 0 Å². The van der Waals surface area contributed by atoms with Crippen molar-refractivity contribution in [2.75, 3.05) is 40.0 Å². The third kappa shape index (κ3) is 9.64. The number of likely N-dealkylation sites (N-methyl/N-ethyl adjacent to an activating group) is 1. The van der Waals surface area contributed by atoms with Crippen LogP contribution in [-0.2, 0) is 14.8 Å². The molecular weight excluding hydrogens is 218 g/mol. The van der Waals surface area contributed by atoms with Crippen LogP contribution in [0.5, 0.6) is 0 Å². The van der Waals surface area contributed by atoms with Crippen molar-refractivity contribution in [2.24, 2.45) is 0 Å². The van der Waals surface area contributed by atoms with Gasteiger partial charge in [-0.15, -0.1) is 0 Å². The van der Waals surface area contributed by atoms with Gasteiger partial charge in [0.05, 0.1) is 12.8 Å². The summed E-state index contributed by atoms with van der Waals surface area (Å²) in [5.41, 5.74) is 0. The zero-order valence-electron chi connectivity index (χ0n) is 9.41. The van der Waals surface area contributed by atoms with Crippen LogP contribution in [0.25, 0.3) is 0 Å². The molecule has 7 heteroatoms. The first kappa shape index (κ1) is 14.3. The van der Waals surface area contributed by atoms with Crippen LogP contribution < -0.4 is 10.0 Å². The maximum atomic E-state index is 11.1. The minimum absolute atomic E-state index is 0.00562. The van der Waals surface area contributed by atoms with E-state index >= 15 is 0 Å². The summed E-state index contributed by atoms with van der Waals surface area (Å²) in [4.78, 5) is 12.6. The largest absolute Gasteiger partial charge is 0.348 e. The van der Waals surface area contributed by atoms with Crippen molar-refractivity contribution in [2.45, 2.75) is 6.42 Å². The first-order chi connectivity index (χ1) is 6.83. The molecule has 0 aromatic carbocycles. The SMILES string of the molecule is CN(C)C(=O)CNCCCNS(C)(=O)=O. The van der Waals surface area contributed by atoms with E-state index in [1.807, 2.05) is 0 Å². The molecule has 0 saturated carbocycles. The first-order valence-corrected chi connectivity index (χ1v) is 6.57. The summed E-state index contributed by atoms with van der Waals surface area (Å²) < 4.78 is 23.7. The van der Waals surface area contributed by atoms with Crippen LogP contribution >= 0.6 is 0 Å². The number of nitrogens with one attached hydrogen (secondary N) is 2. The summed E-state index contributed by atoms with van der Waals surface area (Å²) in [6, 6.07) is 0. The molecule has 0 aromatic heterocycles. The van der Waals surface area contributed by atoms with Crippen LogP contribution in [0.2, 0.25) is 0 Å². The average Bonchev–Trinajstić information content (AvgIpc) is 2.08. The van der Waals surface area contributed by atoms with Crippen molar-refractivity contribution in [3.05, 3.63) is 0 Å². The lowest BCUT2D eigenvalue weighted by Gasteiger charge is -2.10. The molecule has 2 N–H and O–H groups in total. The Kier molecular flexibility index (Phi) is 6.46. The lowest BCUT2D eigenvalue weighted by atomic mass is 10.4. The van der Waals surface area contributed by atoms with E-state index in [1.165, 1.54) is 4.90 Å². The molecule has 1 amide bonds. The number of rotatable bonds is 7. The van der Waals surface area contributed by atoms with E-state index in [0.29, 0.717) is 19.5 Å². The van der Waals surface area contributed by atoms with Crippen molar-refractivity contribution < 1.29 is 13.2 Å². The molecule has 0 aliphatic rings. The van der Waals surface area contributed by atoms with Gasteiger partial charge in [0.1, 0.15) is 0 Å². The molecule has 0 fully saturated rings. The van der Waals surface area contributed by atoms with E-state index < -0.39 is 10.0 Å². The van der Waals surface area contributed by atoms with Gasteiger partial charge in [-0.3, -0.25) is 4.79 Å². The fourth-order valence-corrected chi connectivity index (χ4v) is 1.34. The van der Waals surface area contributed by atoms with Gasteiger partial charge in [0.2, 0.25) is 15.9 Å². The smallest absolute Gasteiger partial charge is 0.236 e. The highest BCUT2D eigenvalue weighted by Crippen LogP contribution is 1.79. The fraction of sp³-hybridized carbons (Fsp3) is 0.875. The van der Waals surface area contributed by atoms with E-state index in [4.69, 9.17) is 0 Å². The summed E-state index contributed by atoms with van der Waals surface area (Å²) >= 11 is 0. The number of sulfonamides is 1. The lowest BCUT2D eigenvalue weighted by molar-refractivity contribution is -0.127. The summed E-state index contributed by atoms with van der Waals surface area (Å²) in [6.07, 6.45) is 1.78. The molecule has 0 aliphatic carbocycles. The van der Waals surface area contributed by atoms with Gasteiger partial charge < -0.3 is 10.2 Å². The summed E-state index contributed by atoms with van der Waals surface area (Å²) in [5.74, 6) is 0.00562. The number of nitrogens with zero attached hydrogens (tertiary/aromatic N) is 1. The van der Waals surface area contributed by atoms with E-state index in [2.05, 4.69) is 10.0 Å². The molecule has 0 aromatic rings. The van der Waals surface area contributed by atoms with E-state index in [9.17, 15) is 13.2 Å². The number of hydrogen-bond acceptors (Lipinski definition) is 4. The number of amides is 1. The highest BCUT2D eigenvalue weighted by Gasteiger charge is 2.02. The quantitative estimate of drug-likeness (QED) is 0.534. The molecule has 0 spiro atoms. The Hall–Kier alpha value is -0.660. The maximum absolute atomic E-state index is 11.1.